The normalized spacial score (nSPS) is 12.6. The highest BCUT2D eigenvalue weighted by Gasteiger charge is 2.13. The maximum absolute atomic E-state index is 13.5. The lowest BCUT2D eigenvalue weighted by atomic mass is 10.0. The highest BCUT2D eigenvalue weighted by atomic mass is 19.1. The van der Waals surface area contributed by atoms with Crippen LogP contribution in [0.5, 0.6) is 0 Å². The summed E-state index contributed by atoms with van der Waals surface area (Å²) in [6.45, 7) is 2.90. The Balaban J connectivity index is 2.01. The molecule has 0 aliphatic rings. The van der Waals surface area contributed by atoms with E-state index in [1.54, 1.807) is 6.20 Å². The molecule has 0 spiro atoms. The summed E-state index contributed by atoms with van der Waals surface area (Å²) in [6, 6.07) is 3.40. The van der Waals surface area contributed by atoms with E-state index in [2.05, 4.69) is 11.9 Å². The maximum Gasteiger partial charge on any atom is 0.129 e. The Hall–Kier alpha value is -1.75. The van der Waals surface area contributed by atoms with Gasteiger partial charge in [-0.1, -0.05) is 13.0 Å². The second-order valence-corrected chi connectivity index (χ2v) is 4.83. The van der Waals surface area contributed by atoms with Crippen molar-refractivity contribution in [2.45, 2.75) is 38.8 Å². The lowest BCUT2D eigenvalue weighted by molar-refractivity contribution is 0.170. The standard InChI is InChI=1S/C15H18F2N2O/c1-2-6-19-7-5-18-15(19)10-13(20)8-11-3-4-12(16)9-14(11)17/h3-5,7,9,13,20H,2,6,8,10H2,1H3. The van der Waals surface area contributed by atoms with Gasteiger partial charge in [-0.25, -0.2) is 13.8 Å². The van der Waals surface area contributed by atoms with Crippen LogP contribution in [0.3, 0.4) is 0 Å². The molecule has 0 saturated heterocycles. The van der Waals surface area contributed by atoms with Crippen LogP contribution >= 0.6 is 0 Å². The second kappa shape index (κ2) is 6.61. The molecule has 1 unspecified atom stereocenters. The van der Waals surface area contributed by atoms with Gasteiger partial charge in [0, 0.05) is 37.8 Å². The predicted molar refractivity (Wildman–Crippen MR) is 72.3 cm³/mol. The molecule has 1 N–H and O–H groups in total. The van der Waals surface area contributed by atoms with Crippen LogP contribution in [0.2, 0.25) is 0 Å². The number of halogens is 2. The molecule has 0 bridgehead atoms. The predicted octanol–water partition coefficient (Wildman–Crippen LogP) is 2.72. The summed E-state index contributed by atoms with van der Waals surface area (Å²) in [5, 5.41) is 10.0. The smallest absolute Gasteiger partial charge is 0.129 e. The Labute approximate surface area is 116 Å². The van der Waals surface area contributed by atoms with Gasteiger partial charge < -0.3 is 9.67 Å². The van der Waals surface area contributed by atoms with Crippen LogP contribution in [0.4, 0.5) is 8.78 Å². The van der Waals surface area contributed by atoms with Crippen LogP contribution in [0.15, 0.2) is 30.6 Å². The average molecular weight is 280 g/mol. The molecule has 2 rings (SSSR count). The average Bonchev–Trinajstić information content (AvgIpc) is 2.81. The van der Waals surface area contributed by atoms with Crippen LogP contribution in [0.1, 0.15) is 24.7 Å². The Bertz CT molecular complexity index is 569. The minimum Gasteiger partial charge on any atom is -0.392 e. The molecule has 2 aromatic rings. The van der Waals surface area contributed by atoms with E-state index in [9.17, 15) is 13.9 Å². The number of benzene rings is 1. The molecule has 0 radical (unpaired) electrons. The van der Waals surface area contributed by atoms with E-state index in [-0.39, 0.29) is 6.42 Å². The minimum atomic E-state index is -0.743. The summed E-state index contributed by atoms with van der Waals surface area (Å²) in [5.41, 5.74) is 0.312. The monoisotopic (exact) mass is 280 g/mol. The maximum atomic E-state index is 13.5. The first-order valence-corrected chi connectivity index (χ1v) is 6.72. The number of hydrogen-bond acceptors (Lipinski definition) is 2. The number of aryl methyl sites for hydroxylation is 1. The Morgan fingerprint density at radius 3 is 2.80 bits per heavy atom. The zero-order chi connectivity index (χ0) is 14.5. The molecule has 0 amide bonds. The number of imidazole rings is 1. The van der Waals surface area contributed by atoms with Gasteiger partial charge in [0.05, 0.1) is 6.10 Å². The number of aliphatic hydroxyl groups is 1. The number of aliphatic hydroxyl groups excluding tert-OH is 1. The fourth-order valence-electron chi connectivity index (χ4n) is 2.20. The molecule has 20 heavy (non-hydrogen) atoms. The van der Waals surface area contributed by atoms with Crippen molar-refractivity contribution in [3.63, 3.8) is 0 Å². The van der Waals surface area contributed by atoms with Crippen LogP contribution in [-0.4, -0.2) is 20.8 Å². The third kappa shape index (κ3) is 3.63. The van der Waals surface area contributed by atoms with Crippen molar-refractivity contribution < 1.29 is 13.9 Å². The molecule has 0 saturated carbocycles. The van der Waals surface area contributed by atoms with Gasteiger partial charge in [-0.05, 0) is 18.1 Å². The number of hydrogen-bond donors (Lipinski definition) is 1. The molecule has 1 aromatic carbocycles. The molecule has 108 valence electrons. The van der Waals surface area contributed by atoms with Gasteiger partial charge in [-0.15, -0.1) is 0 Å². The van der Waals surface area contributed by atoms with Crippen LogP contribution in [-0.2, 0) is 19.4 Å². The van der Waals surface area contributed by atoms with E-state index in [0.29, 0.717) is 12.0 Å². The molecule has 0 fully saturated rings. The molecule has 0 aliphatic carbocycles. The van der Waals surface area contributed by atoms with Crippen molar-refractivity contribution in [2.75, 3.05) is 0 Å². The minimum absolute atomic E-state index is 0.144. The van der Waals surface area contributed by atoms with Crippen LogP contribution in [0, 0.1) is 11.6 Å². The van der Waals surface area contributed by atoms with Crippen molar-refractivity contribution in [2.24, 2.45) is 0 Å². The summed E-state index contributed by atoms with van der Waals surface area (Å²) in [5.74, 6) is -0.456. The van der Waals surface area contributed by atoms with Gasteiger partial charge in [-0.2, -0.15) is 0 Å². The van der Waals surface area contributed by atoms with Gasteiger partial charge in [-0.3, -0.25) is 0 Å². The van der Waals surface area contributed by atoms with Gasteiger partial charge in [0.2, 0.25) is 0 Å². The Morgan fingerprint density at radius 2 is 2.10 bits per heavy atom. The van der Waals surface area contributed by atoms with Crippen molar-refractivity contribution in [1.29, 1.82) is 0 Å². The van der Waals surface area contributed by atoms with E-state index in [1.165, 1.54) is 12.1 Å². The molecular weight excluding hydrogens is 262 g/mol. The quantitative estimate of drug-likeness (QED) is 0.883. The number of nitrogens with zero attached hydrogens (tertiary/aromatic N) is 2. The molecule has 0 aliphatic heterocycles. The third-order valence-electron chi connectivity index (χ3n) is 3.16. The van der Waals surface area contributed by atoms with Crippen molar-refractivity contribution >= 4 is 0 Å². The van der Waals surface area contributed by atoms with E-state index >= 15 is 0 Å². The molecule has 5 heteroatoms. The fourth-order valence-corrected chi connectivity index (χ4v) is 2.20. The SMILES string of the molecule is CCCn1ccnc1CC(O)Cc1ccc(F)cc1F. The first kappa shape index (κ1) is 14.7. The lowest BCUT2D eigenvalue weighted by Gasteiger charge is -2.12. The van der Waals surface area contributed by atoms with Crippen molar-refractivity contribution in [3.8, 4) is 0 Å². The largest absolute Gasteiger partial charge is 0.392 e. The molecular formula is C15H18F2N2O. The third-order valence-corrected chi connectivity index (χ3v) is 3.16. The first-order valence-electron chi connectivity index (χ1n) is 6.72. The van der Waals surface area contributed by atoms with Gasteiger partial charge >= 0.3 is 0 Å². The summed E-state index contributed by atoms with van der Waals surface area (Å²) < 4.78 is 28.3. The van der Waals surface area contributed by atoms with Crippen LogP contribution in [0.25, 0.3) is 0 Å². The van der Waals surface area contributed by atoms with Crippen molar-refractivity contribution in [1.82, 2.24) is 9.55 Å². The molecule has 3 nitrogen and oxygen atoms in total. The molecule has 1 heterocycles. The summed E-state index contributed by atoms with van der Waals surface area (Å²) in [7, 11) is 0. The zero-order valence-electron chi connectivity index (χ0n) is 11.4. The first-order chi connectivity index (χ1) is 9.60. The summed E-state index contributed by atoms with van der Waals surface area (Å²) >= 11 is 0. The second-order valence-electron chi connectivity index (χ2n) is 4.83. The highest BCUT2D eigenvalue weighted by molar-refractivity contribution is 5.19. The molecule has 1 aromatic heterocycles. The molecule has 1 atom stereocenters. The van der Waals surface area contributed by atoms with E-state index in [1.807, 2.05) is 10.8 Å². The lowest BCUT2D eigenvalue weighted by Crippen LogP contribution is -2.18. The van der Waals surface area contributed by atoms with Crippen molar-refractivity contribution in [3.05, 3.63) is 53.6 Å². The van der Waals surface area contributed by atoms with Gasteiger partial charge in [0.25, 0.3) is 0 Å². The van der Waals surface area contributed by atoms with Crippen LogP contribution < -0.4 is 0 Å². The fraction of sp³-hybridized carbons (Fsp3) is 0.400. The topological polar surface area (TPSA) is 38.0 Å². The number of aromatic nitrogens is 2. The zero-order valence-corrected chi connectivity index (χ0v) is 11.4. The Kier molecular flexibility index (Phi) is 4.84. The van der Waals surface area contributed by atoms with E-state index in [0.717, 1.165) is 24.9 Å². The van der Waals surface area contributed by atoms with E-state index in [4.69, 9.17) is 0 Å². The Morgan fingerprint density at radius 1 is 1.30 bits per heavy atom. The van der Waals surface area contributed by atoms with E-state index < -0.39 is 17.7 Å². The summed E-state index contributed by atoms with van der Waals surface area (Å²) in [4.78, 5) is 4.20. The number of rotatable bonds is 6. The van der Waals surface area contributed by atoms with Gasteiger partial charge in [0.15, 0.2) is 0 Å². The highest BCUT2D eigenvalue weighted by Crippen LogP contribution is 2.14. The van der Waals surface area contributed by atoms with Gasteiger partial charge in [0.1, 0.15) is 17.5 Å². The summed E-state index contributed by atoms with van der Waals surface area (Å²) in [6.07, 6.45) is 4.29.